The third-order valence-electron chi connectivity index (χ3n) is 1.90. The molecular formula is C9H16F3NO2S. The first-order valence-electron chi connectivity index (χ1n) is 4.88. The topological polar surface area (TPSA) is 37.4 Å². The van der Waals surface area contributed by atoms with Gasteiger partial charge in [0, 0.05) is 22.6 Å². The van der Waals surface area contributed by atoms with Gasteiger partial charge in [0.1, 0.15) is 12.3 Å². The fourth-order valence-electron chi connectivity index (χ4n) is 1.07. The number of halogens is 3. The van der Waals surface area contributed by atoms with Crippen LogP contribution in [0.5, 0.6) is 0 Å². The van der Waals surface area contributed by atoms with Crippen LogP contribution in [0.2, 0.25) is 0 Å². The van der Waals surface area contributed by atoms with E-state index in [4.69, 9.17) is 0 Å². The van der Waals surface area contributed by atoms with E-state index in [1.165, 1.54) is 13.8 Å². The van der Waals surface area contributed by atoms with E-state index < -0.39 is 35.5 Å². The Labute approximate surface area is 95.5 Å². The molecule has 0 N–H and O–H groups in total. The smallest absolute Gasteiger partial charge is 0.330 e. The van der Waals surface area contributed by atoms with Gasteiger partial charge in [0.25, 0.3) is 0 Å². The van der Waals surface area contributed by atoms with E-state index in [0.29, 0.717) is 4.90 Å². The second-order valence-corrected chi connectivity index (χ2v) is 5.35. The molecule has 16 heavy (non-hydrogen) atoms. The predicted molar refractivity (Wildman–Crippen MR) is 56.5 cm³/mol. The summed E-state index contributed by atoms with van der Waals surface area (Å²) in [4.78, 5) is 12.2. The molecule has 0 aromatic rings. The zero-order valence-electron chi connectivity index (χ0n) is 9.50. The molecule has 0 aliphatic heterocycles. The first-order valence-corrected chi connectivity index (χ1v) is 6.37. The van der Waals surface area contributed by atoms with Gasteiger partial charge in [-0.25, -0.2) is 0 Å². The van der Waals surface area contributed by atoms with E-state index in [1.807, 2.05) is 0 Å². The summed E-state index contributed by atoms with van der Waals surface area (Å²) in [6, 6.07) is -0.553. The van der Waals surface area contributed by atoms with Crippen LogP contribution in [0.25, 0.3) is 0 Å². The van der Waals surface area contributed by atoms with E-state index in [-0.39, 0.29) is 11.5 Å². The van der Waals surface area contributed by atoms with Gasteiger partial charge in [-0.3, -0.25) is 9.00 Å². The summed E-state index contributed by atoms with van der Waals surface area (Å²) >= 11 is 0. The molecule has 7 heteroatoms. The minimum atomic E-state index is -4.42. The number of carbonyl (C=O) groups is 1. The molecule has 0 bridgehead atoms. The normalized spacial score (nSPS) is 13.9. The third-order valence-corrected chi connectivity index (χ3v) is 3.11. The zero-order chi connectivity index (χ0) is 12.9. The highest BCUT2D eigenvalue weighted by atomic mass is 32.2. The van der Waals surface area contributed by atoms with Crippen LogP contribution in [-0.2, 0) is 15.6 Å². The van der Waals surface area contributed by atoms with E-state index in [2.05, 4.69) is 0 Å². The maximum absolute atomic E-state index is 12.2. The number of amides is 1. The summed E-state index contributed by atoms with van der Waals surface area (Å²) in [5, 5.41) is 0. The molecule has 0 rings (SSSR count). The molecule has 0 aliphatic rings. The molecule has 0 saturated carbocycles. The summed E-state index contributed by atoms with van der Waals surface area (Å²) in [6.45, 7) is 3.33. The summed E-state index contributed by atoms with van der Waals surface area (Å²) < 4.78 is 47.6. The predicted octanol–water partition coefficient (Wildman–Crippen LogP) is 1.55. The molecule has 0 radical (unpaired) electrons. The SMILES string of the molecule is CCS(=O)CC(=O)N(CC(F)(F)F)C(C)C. The van der Waals surface area contributed by atoms with Gasteiger partial charge in [0.2, 0.25) is 5.91 Å². The lowest BCUT2D eigenvalue weighted by Gasteiger charge is -2.27. The second kappa shape index (κ2) is 6.22. The van der Waals surface area contributed by atoms with Crippen molar-refractivity contribution < 1.29 is 22.2 Å². The van der Waals surface area contributed by atoms with Crippen LogP contribution < -0.4 is 0 Å². The molecule has 1 atom stereocenters. The average Bonchev–Trinajstić information content (AvgIpc) is 2.12. The number of rotatable bonds is 5. The standard InChI is InChI=1S/C9H16F3NO2S/c1-4-16(15)5-8(14)13(7(2)3)6-9(10,11)12/h7H,4-6H2,1-3H3. The first kappa shape index (κ1) is 15.4. The third kappa shape index (κ3) is 6.09. The molecule has 0 spiro atoms. The van der Waals surface area contributed by atoms with Crippen molar-refractivity contribution >= 4 is 16.7 Å². The lowest BCUT2D eigenvalue weighted by atomic mass is 10.3. The molecule has 1 amide bonds. The Morgan fingerprint density at radius 1 is 1.38 bits per heavy atom. The summed E-state index contributed by atoms with van der Waals surface area (Å²) in [5.41, 5.74) is 0. The van der Waals surface area contributed by atoms with Gasteiger partial charge in [-0.1, -0.05) is 6.92 Å². The Balaban J connectivity index is 4.54. The van der Waals surface area contributed by atoms with Crippen molar-refractivity contribution in [3.8, 4) is 0 Å². The monoisotopic (exact) mass is 259 g/mol. The van der Waals surface area contributed by atoms with Crippen molar-refractivity contribution in [3.05, 3.63) is 0 Å². The van der Waals surface area contributed by atoms with Gasteiger partial charge in [-0.15, -0.1) is 0 Å². The van der Waals surface area contributed by atoms with Crippen LogP contribution in [-0.4, -0.2) is 45.3 Å². The van der Waals surface area contributed by atoms with E-state index in [0.717, 1.165) is 0 Å². The van der Waals surface area contributed by atoms with Crippen LogP contribution in [0.1, 0.15) is 20.8 Å². The van der Waals surface area contributed by atoms with Gasteiger partial charge >= 0.3 is 6.18 Å². The van der Waals surface area contributed by atoms with E-state index in [1.54, 1.807) is 6.92 Å². The fraction of sp³-hybridized carbons (Fsp3) is 0.889. The average molecular weight is 259 g/mol. The van der Waals surface area contributed by atoms with Crippen LogP contribution >= 0.6 is 0 Å². The van der Waals surface area contributed by atoms with Crippen LogP contribution in [0, 0.1) is 0 Å². The van der Waals surface area contributed by atoms with Crippen molar-refractivity contribution in [2.45, 2.75) is 33.0 Å². The Morgan fingerprint density at radius 3 is 2.19 bits per heavy atom. The van der Waals surface area contributed by atoms with Gasteiger partial charge in [0.05, 0.1) is 0 Å². The lowest BCUT2D eigenvalue weighted by molar-refractivity contribution is -0.162. The summed E-state index contributed by atoms with van der Waals surface area (Å²) in [7, 11) is -1.38. The number of carbonyl (C=O) groups excluding carboxylic acids is 1. The summed E-state index contributed by atoms with van der Waals surface area (Å²) in [5.74, 6) is -0.790. The molecule has 0 heterocycles. The molecule has 0 fully saturated rings. The Morgan fingerprint density at radius 2 is 1.88 bits per heavy atom. The maximum atomic E-state index is 12.2. The van der Waals surface area contributed by atoms with Crippen molar-refractivity contribution in [2.75, 3.05) is 18.1 Å². The Bertz CT molecular complexity index is 266. The van der Waals surface area contributed by atoms with Crippen LogP contribution in [0.15, 0.2) is 0 Å². The molecule has 0 aromatic heterocycles. The largest absolute Gasteiger partial charge is 0.406 e. The molecule has 0 aromatic carbocycles. The van der Waals surface area contributed by atoms with Crippen molar-refractivity contribution in [1.29, 1.82) is 0 Å². The van der Waals surface area contributed by atoms with Crippen molar-refractivity contribution in [2.24, 2.45) is 0 Å². The molecule has 96 valence electrons. The van der Waals surface area contributed by atoms with E-state index in [9.17, 15) is 22.2 Å². The molecular weight excluding hydrogens is 243 g/mol. The lowest BCUT2D eigenvalue weighted by Crippen LogP contribution is -2.45. The van der Waals surface area contributed by atoms with Gasteiger partial charge in [-0.2, -0.15) is 13.2 Å². The zero-order valence-corrected chi connectivity index (χ0v) is 10.3. The Hall–Kier alpha value is -0.590. The van der Waals surface area contributed by atoms with Crippen molar-refractivity contribution in [3.63, 3.8) is 0 Å². The number of alkyl halides is 3. The highest BCUT2D eigenvalue weighted by molar-refractivity contribution is 7.85. The fourth-order valence-corrected chi connectivity index (χ4v) is 1.72. The van der Waals surface area contributed by atoms with Crippen molar-refractivity contribution in [1.82, 2.24) is 4.90 Å². The molecule has 1 unspecified atom stereocenters. The van der Waals surface area contributed by atoms with Gasteiger partial charge in [-0.05, 0) is 13.8 Å². The van der Waals surface area contributed by atoms with E-state index >= 15 is 0 Å². The van der Waals surface area contributed by atoms with Crippen LogP contribution in [0.4, 0.5) is 13.2 Å². The quantitative estimate of drug-likeness (QED) is 0.751. The molecule has 0 saturated heterocycles. The highest BCUT2D eigenvalue weighted by Crippen LogP contribution is 2.18. The molecule has 0 aliphatic carbocycles. The number of nitrogens with zero attached hydrogens (tertiary/aromatic N) is 1. The van der Waals surface area contributed by atoms with Gasteiger partial charge < -0.3 is 4.90 Å². The first-order chi connectivity index (χ1) is 7.17. The molecule has 3 nitrogen and oxygen atoms in total. The highest BCUT2D eigenvalue weighted by Gasteiger charge is 2.34. The number of hydrogen-bond donors (Lipinski definition) is 0. The minimum Gasteiger partial charge on any atom is -0.330 e. The van der Waals surface area contributed by atoms with Crippen LogP contribution in [0.3, 0.4) is 0 Å². The summed E-state index contributed by atoms with van der Waals surface area (Å²) in [6.07, 6.45) is -4.42. The maximum Gasteiger partial charge on any atom is 0.406 e. The number of hydrogen-bond acceptors (Lipinski definition) is 2. The Kier molecular flexibility index (Phi) is 5.99. The van der Waals surface area contributed by atoms with Gasteiger partial charge in [0.15, 0.2) is 0 Å². The second-order valence-electron chi connectivity index (χ2n) is 3.60. The minimum absolute atomic E-state index is 0.268.